The van der Waals surface area contributed by atoms with Gasteiger partial charge in [-0.1, -0.05) is 13.8 Å². The molecule has 0 atom stereocenters. The number of aromatic nitrogens is 5. The molecule has 4 rings (SSSR count). The first-order chi connectivity index (χ1) is 12.9. The molecule has 0 saturated heterocycles. The number of carbonyl (C=O) groups is 1. The van der Waals surface area contributed by atoms with Crippen LogP contribution in [0.4, 0.5) is 16.0 Å². The van der Waals surface area contributed by atoms with Crippen molar-refractivity contribution >= 4 is 17.5 Å². The van der Waals surface area contributed by atoms with Crippen molar-refractivity contribution in [3.8, 4) is 11.4 Å². The van der Waals surface area contributed by atoms with E-state index < -0.39 is 11.2 Å². The summed E-state index contributed by atoms with van der Waals surface area (Å²) >= 11 is 0. The summed E-state index contributed by atoms with van der Waals surface area (Å²) in [5, 5.41) is 12.1. The molecule has 0 saturated carbocycles. The first-order valence-corrected chi connectivity index (χ1v) is 8.44. The van der Waals surface area contributed by atoms with Gasteiger partial charge in [-0.15, -0.1) is 0 Å². The summed E-state index contributed by atoms with van der Waals surface area (Å²) in [6.07, 6.45) is 2.98. The Hall–Kier alpha value is -3.36. The molecule has 138 valence electrons. The van der Waals surface area contributed by atoms with Crippen LogP contribution in [0.5, 0.6) is 0 Å². The van der Waals surface area contributed by atoms with Crippen molar-refractivity contribution < 1.29 is 9.18 Å². The van der Waals surface area contributed by atoms with Crippen LogP contribution in [0.2, 0.25) is 0 Å². The van der Waals surface area contributed by atoms with Gasteiger partial charge in [0.25, 0.3) is 0 Å². The molecule has 1 aromatic carbocycles. The average molecular weight is 367 g/mol. The van der Waals surface area contributed by atoms with Crippen molar-refractivity contribution in [3.05, 3.63) is 47.3 Å². The van der Waals surface area contributed by atoms with Crippen LogP contribution < -0.4 is 10.6 Å². The number of carbonyl (C=O) groups excluding carboxylic acids is 1. The maximum Gasteiger partial charge on any atom is 0.244 e. The largest absolute Gasteiger partial charge is 0.358 e. The highest BCUT2D eigenvalue weighted by Crippen LogP contribution is 2.36. The number of rotatable bonds is 3. The fourth-order valence-corrected chi connectivity index (χ4v) is 3.26. The van der Waals surface area contributed by atoms with Gasteiger partial charge in [0.05, 0.1) is 24.0 Å². The zero-order chi connectivity index (χ0) is 19.2. The number of aryl methyl sites for hydroxylation is 1. The lowest BCUT2D eigenvalue weighted by Crippen LogP contribution is -2.30. The number of nitrogens with one attached hydrogen (secondary N) is 3. The first kappa shape index (κ1) is 17.1. The minimum absolute atomic E-state index is 0.165. The summed E-state index contributed by atoms with van der Waals surface area (Å²) in [5.74, 6) is 0.708. The lowest BCUT2D eigenvalue weighted by molar-refractivity contribution is -0.114. The number of hydrogen-bond acceptors (Lipinski definition) is 6. The van der Waals surface area contributed by atoms with Gasteiger partial charge in [0, 0.05) is 5.41 Å². The summed E-state index contributed by atoms with van der Waals surface area (Å²) in [5.41, 5.74) is 2.01. The minimum Gasteiger partial charge on any atom is -0.358 e. The van der Waals surface area contributed by atoms with Crippen LogP contribution >= 0.6 is 0 Å². The Morgan fingerprint density at radius 2 is 2.00 bits per heavy atom. The van der Waals surface area contributed by atoms with Crippen molar-refractivity contribution in [2.24, 2.45) is 0 Å². The summed E-state index contributed by atoms with van der Waals surface area (Å²) in [7, 11) is 0. The highest BCUT2D eigenvalue weighted by atomic mass is 19.1. The second kappa shape index (κ2) is 6.11. The van der Waals surface area contributed by atoms with Crippen molar-refractivity contribution in [1.29, 1.82) is 0 Å². The van der Waals surface area contributed by atoms with E-state index >= 15 is 0 Å². The zero-order valence-electron chi connectivity index (χ0n) is 15.1. The molecule has 2 aromatic heterocycles. The van der Waals surface area contributed by atoms with Gasteiger partial charge in [0.1, 0.15) is 12.1 Å². The van der Waals surface area contributed by atoms with E-state index in [1.165, 1.54) is 12.4 Å². The molecule has 1 aliphatic rings. The molecule has 3 heterocycles. The predicted molar refractivity (Wildman–Crippen MR) is 97.8 cm³/mol. The van der Waals surface area contributed by atoms with Crippen LogP contribution in [0.25, 0.3) is 11.4 Å². The van der Waals surface area contributed by atoms with E-state index in [1.54, 1.807) is 12.3 Å². The van der Waals surface area contributed by atoms with Gasteiger partial charge in [-0.25, -0.2) is 19.3 Å². The quantitative estimate of drug-likeness (QED) is 0.656. The molecular weight excluding hydrogens is 349 g/mol. The number of fused-ring (bicyclic) bond motifs is 1. The Morgan fingerprint density at radius 3 is 2.74 bits per heavy atom. The SMILES string of the molecule is Cc1cc(-c2ncn[nH]2)c(F)cc1C(C)(C)c1cnc2c(n1)NC(=O)CN2. The molecular formula is C18H18FN7O. The van der Waals surface area contributed by atoms with Crippen LogP contribution in [0.15, 0.2) is 24.7 Å². The van der Waals surface area contributed by atoms with Crippen molar-refractivity contribution in [2.45, 2.75) is 26.2 Å². The predicted octanol–water partition coefficient (Wildman–Crippen LogP) is 2.40. The Balaban J connectivity index is 1.77. The van der Waals surface area contributed by atoms with Gasteiger partial charge in [-0.2, -0.15) is 5.10 Å². The van der Waals surface area contributed by atoms with Gasteiger partial charge in [0.15, 0.2) is 17.5 Å². The molecule has 0 unspecified atom stereocenters. The Labute approximate surface area is 154 Å². The molecule has 1 aliphatic heterocycles. The van der Waals surface area contributed by atoms with E-state index in [0.717, 1.165) is 11.1 Å². The second-order valence-corrected chi connectivity index (χ2v) is 6.96. The van der Waals surface area contributed by atoms with Crippen molar-refractivity contribution in [2.75, 3.05) is 17.2 Å². The number of halogens is 1. The summed E-state index contributed by atoms with van der Waals surface area (Å²) in [6, 6.07) is 3.23. The third kappa shape index (κ3) is 2.90. The standard InChI is InChI=1S/C18H18FN7O/c1-9-4-10(15-22-8-23-26-15)12(19)5-11(9)18(2,3)13-6-20-16-17(24-13)25-14(27)7-21-16/h4-6,8H,7H2,1-3H3,(H,20,21)(H,22,23,26)(H,24,25,27). The fraction of sp³-hybridized carbons (Fsp3) is 0.278. The molecule has 9 heteroatoms. The molecule has 0 bridgehead atoms. The van der Waals surface area contributed by atoms with Crippen LogP contribution in [-0.2, 0) is 10.2 Å². The smallest absolute Gasteiger partial charge is 0.244 e. The number of benzene rings is 1. The second-order valence-electron chi connectivity index (χ2n) is 6.96. The van der Waals surface area contributed by atoms with Crippen LogP contribution in [0, 0.1) is 12.7 Å². The Bertz CT molecular complexity index is 1030. The Kier molecular flexibility index (Phi) is 3.87. The monoisotopic (exact) mass is 367 g/mol. The zero-order valence-corrected chi connectivity index (χ0v) is 15.1. The lowest BCUT2D eigenvalue weighted by Gasteiger charge is -2.28. The molecule has 1 amide bonds. The minimum atomic E-state index is -0.630. The third-order valence-electron chi connectivity index (χ3n) is 4.74. The summed E-state index contributed by atoms with van der Waals surface area (Å²) in [4.78, 5) is 24.5. The van der Waals surface area contributed by atoms with Crippen molar-refractivity contribution in [3.63, 3.8) is 0 Å². The number of hydrogen-bond donors (Lipinski definition) is 3. The van der Waals surface area contributed by atoms with Crippen LogP contribution in [0.1, 0.15) is 30.7 Å². The maximum absolute atomic E-state index is 14.8. The van der Waals surface area contributed by atoms with E-state index in [2.05, 4.69) is 35.8 Å². The van der Waals surface area contributed by atoms with E-state index in [0.29, 0.717) is 28.7 Å². The van der Waals surface area contributed by atoms with Crippen LogP contribution in [-0.4, -0.2) is 37.6 Å². The van der Waals surface area contributed by atoms with Gasteiger partial charge >= 0.3 is 0 Å². The number of H-pyrrole nitrogens is 1. The van der Waals surface area contributed by atoms with E-state index in [1.807, 2.05) is 20.8 Å². The Morgan fingerprint density at radius 1 is 1.19 bits per heavy atom. The highest BCUT2D eigenvalue weighted by molar-refractivity contribution is 5.98. The van der Waals surface area contributed by atoms with E-state index in [4.69, 9.17) is 0 Å². The number of anilines is 2. The molecule has 3 N–H and O–H groups in total. The normalized spacial score (nSPS) is 13.7. The van der Waals surface area contributed by atoms with Gasteiger partial charge in [0.2, 0.25) is 5.91 Å². The summed E-state index contributed by atoms with van der Waals surface area (Å²) < 4.78 is 14.8. The lowest BCUT2D eigenvalue weighted by atomic mass is 9.79. The topological polar surface area (TPSA) is 108 Å². The van der Waals surface area contributed by atoms with Gasteiger partial charge < -0.3 is 10.6 Å². The molecule has 0 spiro atoms. The highest BCUT2D eigenvalue weighted by Gasteiger charge is 2.30. The third-order valence-corrected chi connectivity index (χ3v) is 4.74. The molecule has 0 fully saturated rings. The van der Waals surface area contributed by atoms with Gasteiger partial charge in [-0.3, -0.25) is 9.89 Å². The molecule has 8 nitrogen and oxygen atoms in total. The fourth-order valence-electron chi connectivity index (χ4n) is 3.26. The van der Waals surface area contributed by atoms with Crippen molar-refractivity contribution in [1.82, 2.24) is 25.1 Å². The molecule has 0 aliphatic carbocycles. The molecule has 0 radical (unpaired) electrons. The number of aromatic amines is 1. The molecule has 3 aromatic rings. The number of nitrogens with zero attached hydrogens (tertiary/aromatic N) is 4. The van der Waals surface area contributed by atoms with Crippen LogP contribution in [0.3, 0.4) is 0 Å². The maximum atomic E-state index is 14.8. The number of amides is 1. The van der Waals surface area contributed by atoms with Gasteiger partial charge in [-0.05, 0) is 30.2 Å². The van der Waals surface area contributed by atoms with E-state index in [-0.39, 0.29) is 12.5 Å². The first-order valence-electron chi connectivity index (χ1n) is 8.44. The van der Waals surface area contributed by atoms with E-state index in [9.17, 15) is 9.18 Å². The average Bonchev–Trinajstić information content (AvgIpc) is 3.17. The molecule has 27 heavy (non-hydrogen) atoms. The summed E-state index contributed by atoms with van der Waals surface area (Å²) in [6.45, 7) is 5.96.